The fraction of sp³-hybridized carbons (Fsp3) is 0.923. The molecule has 0 unspecified atom stereocenters. The summed E-state index contributed by atoms with van der Waals surface area (Å²) >= 11 is 0. The Kier molecular flexibility index (Phi) is 9.10. The van der Waals surface area contributed by atoms with Gasteiger partial charge in [0, 0.05) is 0 Å². The molecule has 3 aliphatic rings. The lowest BCUT2D eigenvalue weighted by atomic mass is 9.44. The van der Waals surface area contributed by atoms with Gasteiger partial charge in [-0.15, -0.1) is 0 Å². The van der Waals surface area contributed by atoms with Gasteiger partial charge < -0.3 is 45.2 Å². The molecule has 1 saturated heterocycles. The first-order valence-electron chi connectivity index (χ1n) is 12.9. The van der Waals surface area contributed by atoms with E-state index in [2.05, 4.69) is 20.8 Å². The van der Waals surface area contributed by atoms with E-state index in [0.29, 0.717) is 25.7 Å². The lowest BCUT2D eigenvalue weighted by molar-refractivity contribution is -0.329. The fourth-order valence-electron chi connectivity index (χ4n) is 7.43. The highest BCUT2D eigenvalue weighted by molar-refractivity contribution is 5.11. The molecule has 0 spiro atoms. The van der Waals surface area contributed by atoms with E-state index in [4.69, 9.17) is 9.47 Å². The van der Waals surface area contributed by atoms with Crippen LogP contribution in [0.2, 0.25) is 0 Å². The van der Waals surface area contributed by atoms with Crippen LogP contribution in [0.4, 0.5) is 0 Å². The number of ether oxygens (including phenoxy) is 2. The topological polar surface area (TPSA) is 160 Å². The lowest BCUT2D eigenvalue weighted by Crippen LogP contribution is -2.63. The van der Waals surface area contributed by atoms with E-state index in [9.17, 15) is 35.7 Å². The van der Waals surface area contributed by atoms with E-state index in [1.165, 1.54) is 0 Å². The molecule has 7 N–H and O–H groups in total. The Balaban J connectivity index is 1.80. The first kappa shape index (κ1) is 28.9. The van der Waals surface area contributed by atoms with Crippen molar-refractivity contribution in [3.8, 4) is 0 Å². The van der Waals surface area contributed by atoms with Gasteiger partial charge in [-0.2, -0.15) is 0 Å². The van der Waals surface area contributed by atoms with Gasteiger partial charge in [-0.1, -0.05) is 26.8 Å². The van der Waals surface area contributed by atoms with Crippen molar-refractivity contribution in [3.05, 3.63) is 11.6 Å². The predicted molar refractivity (Wildman–Crippen MR) is 128 cm³/mol. The molecule has 0 aromatic carbocycles. The molecule has 1 aliphatic heterocycles. The zero-order valence-electron chi connectivity index (χ0n) is 21.5. The third kappa shape index (κ3) is 5.49. The van der Waals surface area contributed by atoms with Crippen molar-refractivity contribution in [1.29, 1.82) is 0 Å². The van der Waals surface area contributed by atoms with Gasteiger partial charge in [-0.25, -0.2) is 0 Å². The van der Waals surface area contributed by atoms with Crippen LogP contribution in [-0.2, 0) is 9.47 Å². The maximum atomic E-state index is 11.4. The van der Waals surface area contributed by atoms with E-state index in [-0.39, 0.29) is 42.0 Å². The summed E-state index contributed by atoms with van der Waals surface area (Å²) < 4.78 is 11.9. The summed E-state index contributed by atoms with van der Waals surface area (Å²) in [6, 6.07) is 0. The van der Waals surface area contributed by atoms with E-state index in [1.807, 2.05) is 6.92 Å². The maximum absolute atomic E-state index is 11.4. The molecule has 0 amide bonds. The second-order valence-corrected chi connectivity index (χ2v) is 11.9. The Morgan fingerprint density at radius 1 is 0.971 bits per heavy atom. The molecule has 9 nitrogen and oxygen atoms in total. The van der Waals surface area contributed by atoms with Crippen LogP contribution in [0.15, 0.2) is 11.6 Å². The molecule has 204 valence electrons. The van der Waals surface area contributed by atoms with Gasteiger partial charge in [-0.05, 0) is 73.7 Å². The number of hydrogen-bond acceptors (Lipinski definition) is 9. The molecule has 0 bridgehead atoms. The zero-order valence-corrected chi connectivity index (χ0v) is 21.5. The molecule has 3 rings (SSSR count). The van der Waals surface area contributed by atoms with Gasteiger partial charge in [0.25, 0.3) is 0 Å². The van der Waals surface area contributed by atoms with Crippen molar-refractivity contribution in [3.63, 3.8) is 0 Å². The van der Waals surface area contributed by atoms with Gasteiger partial charge in [0.1, 0.15) is 24.4 Å². The summed E-state index contributed by atoms with van der Waals surface area (Å²) in [5.74, 6) is 0.179. The number of aliphatic hydroxyl groups is 7. The van der Waals surface area contributed by atoms with Crippen LogP contribution < -0.4 is 0 Å². The summed E-state index contributed by atoms with van der Waals surface area (Å²) in [6.07, 6.45) is -1.03. The quantitative estimate of drug-likeness (QED) is 0.185. The predicted octanol–water partition coefficient (Wildman–Crippen LogP) is 0.466. The third-order valence-corrected chi connectivity index (χ3v) is 9.44. The van der Waals surface area contributed by atoms with E-state index >= 15 is 0 Å². The van der Waals surface area contributed by atoms with Crippen LogP contribution in [0.25, 0.3) is 0 Å². The number of fused-ring (bicyclic) bond motifs is 1. The lowest BCUT2D eigenvalue weighted by Gasteiger charge is -2.63. The van der Waals surface area contributed by atoms with Crippen molar-refractivity contribution in [2.45, 2.75) is 109 Å². The van der Waals surface area contributed by atoms with Crippen LogP contribution in [0.5, 0.6) is 0 Å². The van der Waals surface area contributed by atoms with E-state index in [1.54, 1.807) is 6.08 Å². The Hall–Kier alpha value is -0.620. The first-order chi connectivity index (χ1) is 16.3. The minimum atomic E-state index is -1.48. The summed E-state index contributed by atoms with van der Waals surface area (Å²) in [7, 11) is 0. The molecule has 35 heavy (non-hydrogen) atoms. The second-order valence-electron chi connectivity index (χ2n) is 11.9. The Morgan fingerprint density at radius 3 is 2.26 bits per heavy atom. The average Bonchev–Trinajstić information content (AvgIpc) is 2.79. The highest BCUT2D eigenvalue weighted by Gasteiger charge is 2.61. The van der Waals surface area contributed by atoms with Gasteiger partial charge in [0.2, 0.25) is 0 Å². The first-order valence-corrected chi connectivity index (χ1v) is 12.9. The van der Waals surface area contributed by atoms with Gasteiger partial charge >= 0.3 is 0 Å². The van der Waals surface area contributed by atoms with Crippen molar-refractivity contribution in [1.82, 2.24) is 0 Å². The minimum absolute atomic E-state index is 0.0186. The van der Waals surface area contributed by atoms with Crippen LogP contribution in [0.1, 0.15) is 66.2 Å². The van der Waals surface area contributed by atoms with Crippen LogP contribution in [0, 0.1) is 22.7 Å². The highest BCUT2D eigenvalue weighted by Crippen LogP contribution is 2.63. The number of rotatable bonds is 8. The minimum Gasteiger partial charge on any atom is -0.394 e. The Morgan fingerprint density at radius 2 is 1.66 bits per heavy atom. The van der Waals surface area contributed by atoms with Gasteiger partial charge in [0.05, 0.1) is 31.5 Å². The van der Waals surface area contributed by atoms with Crippen molar-refractivity contribution < 1.29 is 45.2 Å². The monoisotopic (exact) mass is 502 g/mol. The number of hydrogen-bond donors (Lipinski definition) is 7. The zero-order chi connectivity index (χ0) is 26.2. The molecule has 2 aliphatic carbocycles. The normalized spacial score (nSPS) is 46.3. The molecule has 9 heteroatoms. The van der Waals surface area contributed by atoms with Crippen molar-refractivity contribution in [2.75, 3.05) is 19.8 Å². The van der Waals surface area contributed by atoms with Crippen molar-refractivity contribution in [2.24, 2.45) is 22.7 Å². The average molecular weight is 503 g/mol. The molecular formula is C26H46O9. The molecule has 0 aromatic rings. The van der Waals surface area contributed by atoms with Gasteiger partial charge in [-0.3, -0.25) is 0 Å². The third-order valence-electron chi connectivity index (χ3n) is 9.44. The molecule has 2 saturated carbocycles. The summed E-state index contributed by atoms with van der Waals surface area (Å²) in [5, 5.41) is 70.5. The Labute approximate surface area is 208 Å². The largest absolute Gasteiger partial charge is 0.394 e. The molecule has 3 fully saturated rings. The maximum Gasteiger partial charge on any atom is 0.186 e. The number of aliphatic hydroxyl groups excluding tert-OH is 6. The fourth-order valence-corrected chi connectivity index (χ4v) is 7.43. The van der Waals surface area contributed by atoms with Gasteiger partial charge in [0.15, 0.2) is 6.29 Å². The summed E-state index contributed by atoms with van der Waals surface area (Å²) in [5.41, 5.74) is -0.624. The van der Waals surface area contributed by atoms with Crippen LogP contribution >= 0.6 is 0 Å². The summed E-state index contributed by atoms with van der Waals surface area (Å²) in [4.78, 5) is 0. The summed E-state index contributed by atoms with van der Waals surface area (Å²) in [6.45, 7) is 7.65. The smallest absolute Gasteiger partial charge is 0.186 e. The SMILES string of the molecule is CC1(C)[C@H]2CC[C@](C)(O)[C@@H](CCC(=CCO)CO)[C@]2(C)CC[C@H]1O[C@@H]1O[C@H](CO)[C@@H](O)[C@H](O)[C@H]1O. The van der Waals surface area contributed by atoms with Crippen LogP contribution in [0.3, 0.4) is 0 Å². The molecule has 0 aromatic heterocycles. The standard InChI is InChI=1S/C26H46O9/c1-24(2)17-7-11-26(4,33)18(6-5-15(13-28)9-12-27)25(17,3)10-8-19(24)35-23-22(32)21(31)20(30)16(14-29)34-23/h9,16-23,27-33H,5-8,10-14H2,1-4H3/t16-,17-,18+,19-,20-,21+,22-,23+,25-,26+/m1/s1. The highest BCUT2D eigenvalue weighted by atomic mass is 16.7. The van der Waals surface area contributed by atoms with Crippen LogP contribution in [-0.4, -0.2) is 98.0 Å². The van der Waals surface area contributed by atoms with E-state index < -0.39 is 42.9 Å². The molecule has 1 heterocycles. The van der Waals surface area contributed by atoms with Crippen molar-refractivity contribution >= 4 is 0 Å². The molecule has 10 atom stereocenters. The molecular weight excluding hydrogens is 456 g/mol. The van der Waals surface area contributed by atoms with E-state index in [0.717, 1.165) is 18.4 Å². The molecule has 0 radical (unpaired) electrons. The Bertz CT molecular complexity index is 736. The second kappa shape index (κ2) is 11.0.